The topological polar surface area (TPSA) is 114 Å². The Kier molecular flexibility index (Phi) is 7.93. The number of aryl methyl sites for hydroxylation is 1. The summed E-state index contributed by atoms with van der Waals surface area (Å²) in [6.45, 7) is 5.21. The van der Waals surface area contributed by atoms with Gasteiger partial charge in [0, 0.05) is 12.1 Å². The predicted octanol–water partition coefficient (Wildman–Crippen LogP) is 1.55. The Morgan fingerprint density at radius 3 is 2.59 bits per heavy atom. The number of hydrogen-bond donors (Lipinski definition) is 3. The Morgan fingerprint density at radius 1 is 1.10 bits per heavy atom. The molecule has 0 unspecified atom stereocenters. The van der Waals surface area contributed by atoms with Gasteiger partial charge in [0.25, 0.3) is 11.8 Å². The van der Waals surface area contributed by atoms with E-state index in [1.54, 1.807) is 12.1 Å². The molecule has 0 atom stereocenters. The van der Waals surface area contributed by atoms with Crippen molar-refractivity contribution in [2.24, 2.45) is 0 Å². The van der Waals surface area contributed by atoms with Crippen LogP contribution < -0.4 is 20.3 Å². The van der Waals surface area contributed by atoms with E-state index in [0.29, 0.717) is 5.75 Å². The monoisotopic (exact) mass is 417 g/mol. The number of amides is 2. The maximum Gasteiger partial charge on any atom is 0.276 e. The van der Waals surface area contributed by atoms with Gasteiger partial charge in [0.1, 0.15) is 5.75 Å². The van der Waals surface area contributed by atoms with Crippen LogP contribution in [0.1, 0.15) is 22.8 Å². The second-order valence-electron chi connectivity index (χ2n) is 5.92. The van der Waals surface area contributed by atoms with Crippen molar-refractivity contribution in [2.75, 3.05) is 13.2 Å². The van der Waals surface area contributed by atoms with E-state index in [0.717, 1.165) is 12.0 Å². The molecule has 0 saturated carbocycles. The molecule has 0 aliphatic rings. The highest BCUT2D eigenvalue weighted by Gasteiger charge is 2.16. The van der Waals surface area contributed by atoms with Gasteiger partial charge in [-0.3, -0.25) is 20.4 Å². The fraction of sp³-hybridized carbons (Fsp3) is 0.200. The molecule has 0 aliphatic carbocycles. The number of carbonyl (C=O) groups excluding carboxylic acids is 2. The first-order valence-electron chi connectivity index (χ1n) is 8.88. The second kappa shape index (κ2) is 10.4. The molecule has 2 aromatic rings. The van der Waals surface area contributed by atoms with E-state index in [4.69, 9.17) is 4.74 Å². The van der Waals surface area contributed by atoms with Crippen LogP contribution in [0.15, 0.2) is 66.1 Å². The molecule has 0 fully saturated rings. The third-order valence-corrected chi connectivity index (χ3v) is 5.27. The Balaban J connectivity index is 1.92. The van der Waals surface area contributed by atoms with Gasteiger partial charge in [-0.2, -0.15) is 0 Å². The molecule has 0 aromatic heterocycles. The summed E-state index contributed by atoms with van der Waals surface area (Å²) in [7, 11) is -3.76. The van der Waals surface area contributed by atoms with Crippen LogP contribution in [-0.2, 0) is 21.2 Å². The van der Waals surface area contributed by atoms with E-state index in [-0.39, 0.29) is 23.6 Å². The Morgan fingerprint density at radius 2 is 1.86 bits per heavy atom. The van der Waals surface area contributed by atoms with Crippen LogP contribution in [-0.4, -0.2) is 33.4 Å². The average molecular weight is 417 g/mol. The summed E-state index contributed by atoms with van der Waals surface area (Å²) < 4.78 is 32.0. The van der Waals surface area contributed by atoms with Crippen molar-refractivity contribution >= 4 is 21.8 Å². The van der Waals surface area contributed by atoms with Crippen molar-refractivity contribution in [3.8, 4) is 5.75 Å². The standard InChI is InChI=1S/C20H23N3O5S/c1-3-12-21-29(26,27)17-10-7-9-16(13-17)20(25)23-22-19(24)14-28-18-11-6-5-8-15(18)4-2/h3,5-11,13,21H,1,4,12,14H2,2H3,(H,22,24)(H,23,25). The fourth-order valence-corrected chi connectivity index (χ4v) is 3.41. The molecular weight excluding hydrogens is 394 g/mol. The molecule has 2 aromatic carbocycles. The van der Waals surface area contributed by atoms with E-state index in [9.17, 15) is 18.0 Å². The molecule has 0 aliphatic heterocycles. The van der Waals surface area contributed by atoms with Crippen molar-refractivity contribution in [3.05, 3.63) is 72.3 Å². The maximum atomic E-state index is 12.2. The highest BCUT2D eigenvalue weighted by molar-refractivity contribution is 7.89. The Bertz CT molecular complexity index is 989. The first-order valence-corrected chi connectivity index (χ1v) is 10.4. The van der Waals surface area contributed by atoms with Crippen LogP contribution in [0.4, 0.5) is 0 Å². The Labute approximate surface area is 170 Å². The third kappa shape index (κ3) is 6.44. The van der Waals surface area contributed by atoms with Gasteiger partial charge in [-0.15, -0.1) is 6.58 Å². The summed E-state index contributed by atoms with van der Waals surface area (Å²) >= 11 is 0. The molecule has 154 valence electrons. The fourth-order valence-electron chi connectivity index (χ4n) is 2.37. The minimum Gasteiger partial charge on any atom is -0.483 e. The van der Waals surface area contributed by atoms with E-state index in [1.807, 2.05) is 19.1 Å². The number of hydrogen-bond acceptors (Lipinski definition) is 5. The number of benzene rings is 2. The first kappa shape index (κ1) is 22.1. The lowest BCUT2D eigenvalue weighted by molar-refractivity contribution is -0.123. The number of rotatable bonds is 9. The minimum absolute atomic E-state index is 0.0655. The van der Waals surface area contributed by atoms with Crippen molar-refractivity contribution in [2.45, 2.75) is 18.2 Å². The van der Waals surface area contributed by atoms with Crippen LogP contribution in [0.5, 0.6) is 5.75 Å². The summed E-state index contributed by atoms with van der Waals surface area (Å²) in [6.07, 6.45) is 2.17. The lowest BCUT2D eigenvalue weighted by Gasteiger charge is -2.11. The molecule has 9 heteroatoms. The predicted molar refractivity (Wildman–Crippen MR) is 109 cm³/mol. The van der Waals surface area contributed by atoms with Crippen LogP contribution in [0.3, 0.4) is 0 Å². The number of ether oxygens (including phenoxy) is 1. The van der Waals surface area contributed by atoms with E-state index in [1.165, 1.54) is 30.3 Å². The van der Waals surface area contributed by atoms with E-state index < -0.39 is 21.8 Å². The number of carbonyl (C=O) groups is 2. The number of nitrogens with one attached hydrogen (secondary N) is 3. The van der Waals surface area contributed by atoms with Gasteiger partial charge in [-0.25, -0.2) is 13.1 Å². The first-order chi connectivity index (χ1) is 13.9. The van der Waals surface area contributed by atoms with E-state index in [2.05, 4.69) is 22.2 Å². The summed E-state index contributed by atoms with van der Waals surface area (Å²) in [5.41, 5.74) is 5.51. The quantitative estimate of drug-likeness (QED) is 0.423. The van der Waals surface area contributed by atoms with Crippen molar-refractivity contribution in [1.29, 1.82) is 0 Å². The normalized spacial score (nSPS) is 10.8. The van der Waals surface area contributed by atoms with Gasteiger partial charge in [-0.1, -0.05) is 37.3 Å². The highest BCUT2D eigenvalue weighted by atomic mass is 32.2. The minimum atomic E-state index is -3.76. The van der Waals surface area contributed by atoms with Gasteiger partial charge in [0.05, 0.1) is 4.90 Å². The largest absolute Gasteiger partial charge is 0.483 e. The summed E-state index contributed by atoms with van der Waals surface area (Å²) in [4.78, 5) is 24.1. The van der Waals surface area contributed by atoms with Gasteiger partial charge in [0.15, 0.2) is 6.61 Å². The van der Waals surface area contributed by atoms with E-state index >= 15 is 0 Å². The zero-order chi connectivity index (χ0) is 21.3. The zero-order valence-electron chi connectivity index (χ0n) is 16.0. The molecule has 0 saturated heterocycles. The third-order valence-electron chi connectivity index (χ3n) is 3.85. The highest BCUT2D eigenvalue weighted by Crippen LogP contribution is 2.18. The number of hydrazine groups is 1. The molecular formula is C20H23N3O5S. The molecule has 0 bridgehead atoms. The maximum absolute atomic E-state index is 12.2. The molecule has 2 rings (SSSR count). The van der Waals surface area contributed by atoms with Crippen LogP contribution >= 0.6 is 0 Å². The van der Waals surface area contributed by atoms with Gasteiger partial charge < -0.3 is 4.74 Å². The van der Waals surface area contributed by atoms with Crippen LogP contribution in [0.25, 0.3) is 0 Å². The second-order valence-corrected chi connectivity index (χ2v) is 7.69. The van der Waals surface area contributed by atoms with Crippen molar-refractivity contribution in [3.63, 3.8) is 0 Å². The number of para-hydroxylation sites is 1. The van der Waals surface area contributed by atoms with Crippen molar-refractivity contribution < 1.29 is 22.7 Å². The molecule has 0 heterocycles. The summed E-state index contributed by atoms with van der Waals surface area (Å²) in [6, 6.07) is 12.8. The lowest BCUT2D eigenvalue weighted by Crippen LogP contribution is -2.43. The van der Waals surface area contributed by atoms with Gasteiger partial charge in [0.2, 0.25) is 10.0 Å². The molecule has 8 nitrogen and oxygen atoms in total. The molecule has 2 amide bonds. The summed E-state index contributed by atoms with van der Waals surface area (Å²) in [5, 5.41) is 0. The lowest BCUT2D eigenvalue weighted by atomic mass is 10.1. The SMILES string of the molecule is C=CCNS(=O)(=O)c1cccc(C(=O)NNC(=O)COc2ccccc2CC)c1. The Hall–Kier alpha value is -3.17. The molecule has 29 heavy (non-hydrogen) atoms. The molecule has 3 N–H and O–H groups in total. The van der Waals surface area contributed by atoms with Crippen molar-refractivity contribution in [1.82, 2.24) is 15.6 Å². The average Bonchev–Trinajstić information content (AvgIpc) is 2.74. The number of sulfonamides is 1. The summed E-state index contributed by atoms with van der Waals surface area (Å²) in [5.74, 6) is -0.616. The molecule has 0 spiro atoms. The van der Waals surface area contributed by atoms with Gasteiger partial charge >= 0.3 is 0 Å². The van der Waals surface area contributed by atoms with Crippen LogP contribution in [0.2, 0.25) is 0 Å². The molecule has 0 radical (unpaired) electrons. The smallest absolute Gasteiger partial charge is 0.276 e. The van der Waals surface area contributed by atoms with Crippen LogP contribution in [0, 0.1) is 0 Å². The zero-order valence-corrected chi connectivity index (χ0v) is 16.8. The van der Waals surface area contributed by atoms with Gasteiger partial charge in [-0.05, 0) is 36.2 Å².